The second-order valence-electron chi connectivity index (χ2n) is 9.70. The molecule has 0 spiro atoms. The van der Waals surface area contributed by atoms with E-state index >= 15 is 0 Å². The molecular weight excluding hydrogens is 524 g/mol. The molecule has 0 unspecified atom stereocenters. The van der Waals surface area contributed by atoms with Crippen LogP contribution >= 0.6 is 0 Å². The number of nitrogens with zero attached hydrogens (tertiary/aromatic N) is 1. The van der Waals surface area contributed by atoms with Crippen LogP contribution in [0.1, 0.15) is 42.8 Å². The van der Waals surface area contributed by atoms with Crippen LogP contribution in [0.5, 0.6) is 17.2 Å². The minimum atomic E-state index is -0.888. The predicted octanol–water partition coefficient (Wildman–Crippen LogP) is 6.72. The summed E-state index contributed by atoms with van der Waals surface area (Å²) in [6, 6.07) is 22.6. The van der Waals surface area contributed by atoms with Gasteiger partial charge in [-0.3, -0.25) is 4.79 Å². The van der Waals surface area contributed by atoms with Crippen molar-refractivity contribution >= 4 is 12.1 Å². The summed E-state index contributed by atoms with van der Waals surface area (Å²) in [5.41, 5.74) is 3.17. The Hall–Kier alpha value is -4.79. The number of ether oxygens (including phenoxy) is 3. The van der Waals surface area contributed by atoms with Gasteiger partial charge in [0.1, 0.15) is 23.0 Å². The molecule has 0 aliphatic heterocycles. The largest absolute Gasteiger partial charge is 0.493 e. The van der Waals surface area contributed by atoms with Gasteiger partial charge in [0.15, 0.2) is 0 Å². The minimum absolute atomic E-state index is 0.0152. The van der Waals surface area contributed by atoms with Gasteiger partial charge in [-0.25, -0.2) is 9.78 Å². The number of carboxylic acid groups (broad SMARTS) is 1. The Morgan fingerprint density at radius 3 is 2.46 bits per heavy atom. The number of benzene rings is 3. The Morgan fingerprint density at radius 1 is 0.927 bits per heavy atom. The van der Waals surface area contributed by atoms with Gasteiger partial charge in [0, 0.05) is 24.9 Å². The fourth-order valence-corrected chi connectivity index (χ4v) is 4.13. The van der Waals surface area contributed by atoms with Gasteiger partial charge in [-0.05, 0) is 80.8 Å². The fourth-order valence-electron chi connectivity index (χ4n) is 4.13. The molecule has 41 heavy (non-hydrogen) atoms. The minimum Gasteiger partial charge on any atom is -0.493 e. The number of alkyl carbamates (subject to hydrolysis) is 1. The maximum atomic E-state index is 12.0. The van der Waals surface area contributed by atoms with Crippen molar-refractivity contribution in [3.63, 3.8) is 0 Å². The highest BCUT2D eigenvalue weighted by atomic mass is 16.6. The zero-order chi connectivity index (χ0) is 29.2. The van der Waals surface area contributed by atoms with Crippen LogP contribution in [0.15, 0.2) is 77.2 Å². The highest BCUT2D eigenvalue weighted by Crippen LogP contribution is 2.28. The molecule has 0 atom stereocenters. The van der Waals surface area contributed by atoms with Crippen molar-refractivity contribution in [2.75, 3.05) is 6.61 Å². The average Bonchev–Trinajstić information content (AvgIpc) is 3.32. The summed E-state index contributed by atoms with van der Waals surface area (Å²) in [5, 5.41) is 11.8. The van der Waals surface area contributed by atoms with Gasteiger partial charge in [0.2, 0.25) is 5.89 Å². The number of aliphatic carboxylic acids is 1. The van der Waals surface area contributed by atoms with Crippen LogP contribution in [0.4, 0.5) is 4.79 Å². The highest BCUT2D eigenvalue weighted by Gasteiger charge is 2.14. The molecule has 4 rings (SSSR count). The lowest BCUT2D eigenvalue weighted by molar-refractivity contribution is -0.136. The van der Waals surface area contributed by atoms with E-state index in [1.54, 1.807) is 19.9 Å². The SMILES string of the molecule is Cc1oc(-c2cccc(Oc3ccccc3)c2)nc1CCOc1ccc(CCC(=O)O)c(CNC(=O)OC(C)C)c1. The smallest absolute Gasteiger partial charge is 0.407 e. The van der Waals surface area contributed by atoms with Crippen LogP contribution in [0.3, 0.4) is 0 Å². The Bertz CT molecular complexity index is 1460. The maximum Gasteiger partial charge on any atom is 0.407 e. The van der Waals surface area contributed by atoms with Gasteiger partial charge in [0.05, 0.1) is 18.4 Å². The van der Waals surface area contributed by atoms with Crippen molar-refractivity contribution in [2.24, 2.45) is 0 Å². The van der Waals surface area contributed by atoms with Gasteiger partial charge >= 0.3 is 12.1 Å². The van der Waals surface area contributed by atoms with Crippen LogP contribution in [0.2, 0.25) is 0 Å². The van der Waals surface area contributed by atoms with Crippen molar-refractivity contribution < 1.29 is 33.3 Å². The van der Waals surface area contributed by atoms with Gasteiger partial charge < -0.3 is 29.1 Å². The number of para-hydroxylation sites is 1. The molecular formula is C32H34N2O7. The highest BCUT2D eigenvalue weighted by molar-refractivity contribution is 5.68. The van der Waals surface area contributed by atoms with Crippen molar-refractivity contribution in [2.45, 2.75) is 52.7 Å². The van der Waals surface area contributed by atoms with Crippen LogP contribution in [-0.4, -0.2) is 34.9 Å². The van der Waals surface area contributed by atoms with Crippen LogP contribution in [-0.2, 0) is 28.9 Å². The first-order valence-electron chi connectivity index (χ1n) is 13.5. The number of carbonyl (C=O) groups excluding carboxylic acids is 1. The maximum absolute atomic E-state index is 12.0. The quantitative estimate of drug-likeness (QED) is 0.186. The Labute approximate surface area is 239 Å². The molecule has 0 radical (unpaired) electrons. The zero-order valence-corrected chi connectivity index (χ0v) is 23.4. The molecule has 0 saturated heterocycles. The number of hydrogen-bond acceptors (Lipinski definition) is 7. The summed E-state index contributed by atoms with van der Waals surface area (Å²) in [4.78, 5) is 27.7. The van der Waals surface area contributed by atoms with Crippen molar-refractivity contribution in [1.29, 1.82) is 0 Å². The molecule has 1 amide bonds. The normalized spacial score (nSPS) is 10.8. The van der Waals surface area contributed by atoms with E-state index in [1.807, 2.05) is 73.7 Å². The number of oxazole rings is 1. The molecule has 0 bridgehead atoms. The number of carboxylic acids is 1. The van der Waals surface area contributed by atoms with E-state index in [9.17, 15) is 9.59 Å². The lowest BCUT2D eigenvalue weighted by atomic mass is 10.0. The molecule has 9 nitrogen and oxygen atoms in total. The number of rotatable bonds is 13. The molecule has 0 saturated carbocycles. The van der Waals surface area contributed by atoms with Gasteiger partial charge in [-0.1, -0.05) is 30.3 Å². The number of amides is 1. The van der Waals surface area contributed by atoms with E-state index < -0.39 is 12.1 Å². The number of aromatic nitrogens is 1. The molecule has 0 fully saturated rings. The first-order valence-corrected chi connectivity index (χ1v) is 13.5. The third-order valence-electron chi connectivity index (χ3n) is 6.11. The lowest BCUT2D eigenvalue weighted by Gasteiger charge is -2.14. The average molecular weight is 559 g/mol. The van der Waals surface area contributed by atoms with E-state index in [0.717, 1.165) is 28.1 Å². The fraction of sp³-hybridized carbons (Fsp3) is 0.281. The Balaban J connectivity index is 1.39. The monoisotopic (exact) mass is 558 g/mol. The number of nitrogens with one attached hydrogen (secondary N) is 1. The Morgan fingerprint density at radius 2 is 1.71 bits per heavy atom. The van der Waals surface area contributed by atoms with Crippen LogP contribution < -0.4 is 14.8 Å². The summed E-state index contributed by atoms with van der Waals surface area (Å²) in [6.45, 7) is 5.94. The molecule has 214 valence electrons. The standard InChI is InChI=1S/C32H34N2O7/c1-21(2)39-32(37)33-20-25-19-27(14-12-23(25)13-15-30(35)36)38-17-16-29-22(3)40-31(34-29)24-8-7-11-28(18-24)41-26-9-5-4-6-10-26/h4-12,14,18-19,21H,13,15-17,20H2,1-3H3,(H,33,37)(H,35,36). The molecule has 1 aromatic heterocycles. The van der Waals surface area contributed by atoms with Crippen molar-refractivity contribution in [1.82, 2.24) is 10.3 Å². The van der Waals surface area contributed by atoms with E-state index in [4.69, 9.17) is 23.7 Å². The first-order chi connectivity index (χ1) is 19.8. The Kier molecular flexibility index (Phi) is 9.99. The number of aryl methyl sites for hydroxylation is 2. The lowest BCUT2D eigenvalue weighted by Crippen LogP contribution is -2.26. The summed E-state index contributed by atoms with van der Waals surface area (Å²) in [5.74, 6) is 2.35. The van der Waals surface area contributed by atoms with E-state index in [-0.39, 0.29) is 19.1 Å². The van der Waals surface area contributed by atoms with E-state index in [1.165, 1.54) is 0 Å². The predicted molar refractivity (Wildman–Crippen MR) is 153 cm³/mol. The summed E-state index contributed by atoms with van der Waals surface area (Å²) < 4.78 is 23.0. The molecule has 3 aromatic carbocycles. The van der Waals surface area contributed by atoms with Crippen LogP contribution in [0.25, 0.3) is 11.5 Å². The van der Waals surface area contributed by atoms with E-state index in [2.05, 4.69) is 10.3 Å². The third-order valence-corrected chi connectivity index (χ3v) is 6.11. The van der Waals surface area contributed by atoms with E-state index in [0.29, 0.717) is 42.6 Å². The molecule has 0 aliphatic rings. The molecule has 4 aromatic rings. The van der Waals surface area contributed by atoms with Gasteiger partial charge in [-0.15, -0.1) is 0 Å². The zero-order valence-electron chi connectivity index (χ0n) is 23.4. The molecule has 1 heterocycles. The van der Waals surface area contributed by atoms with Crippen molar-refractivity contribution in [3.8, 4) is 28.7 Å². The van der Waals surface area contributed by atoms with Crippen LogP contribution in [0, 0.1) is 6.92 Å². The second-order valence-corrected chi connectivity index (χ2v) is 9.70. The molecule has 9 heteroatoms. The molecule has 0 aliphatic carbocycles. The summed E-state index contributed by atoms with van der Waals surface area (Å²) in [7, 11) is 0. The van der Waals surface area contributed by atoms with Gasteiger partial charge in [-0.2, -0.15) is 0 Å². The third kappa shape index (κ3) is 8.86. The van der Waals surface area contributed by atoms with Crippen molar-refractivity contribution in [3.05, 3.63) is 95.4 Å². The topological polar surface area (TPSA) is 120 Å². The number of hydrogen-bond donors (Lipinski definition) is 2. The molecule has 2 N–H and O–H groups in total. The summed E-state index contributed by atoms with van der Waals surface area (Å²) >= 11 is 0. The number of carbonyl (C=O) groups is 2. The first kappa shape index (κ1) is 29.2. The summed E-state index contributed by atoms with van der Waals surface area (Å²) in [6.07, 6.45) is 0.0569. The van der Waals surface area contributed by atoms with Gasteiger partial charge in [0.25, 0.3) is 0 Å². The second kappa shape index (κ2) is 14.0.